The minimum atomic E-state index is -3.76. The number of rotatable bonds is 7. The molecule has 0 amide bonds. The lowest BCUT2D eigenvalue weighted by Crippen LogP contribution is -2.15. The topological polar surface area (TPSA) is 0 Å². The van der Waals surface area contributed by atoms with Crippen LogP contribution in [0.4, 0.5) is 22.0 Å². The molecule has 0 bridgehead atoms. The van der Waals surface area contributed by atoms with Gasteiger partial charge in [-0.25, -0.2) is 8.78 Å². The van der Waals surface area contributed by atoms with E-state index in [2.05, 4.69) is 0 Å². The van der Waals surface area contributed by atoms with Crippen molar-refractivity contribution in [2.24, 2.45) is 11.8 Å². The minimum absolute atomic E-state index is 0.221. The highest BCUT2D eigenvalue weighted by Crippen LogP contribution is 2.39. The van der Waals surface area contributed by atoms with Crippen LogP contribution in [0.5, 0.6) is 0 Å². The summed E-state index contributed by atoms with van der Waals surface area (Å²) in [6, 6.07) is 9.19. The predicted molar refractivity (Wildman–Crippen MR) is 109 cm³/mol. The molecule has 0 N–H and O–H groups in total. The Bertz CT molecular complexity index is 782. The van der Waals surface area contributed by atoms with E-state index in [4.69, 9.17) is 0 Å². The Morgan fingerprint density at radius 2 is 1.34 bits per heavy atom. The summed E-state index contributed by atoms with van der Waals surface area (Å²) in [5.74, 6) is -1.37. The van der Waals surface area contributed by atoms with E-state index in [9.17, 15) is 22.0 Å². The van der Waals surface area contributed by atoms with Crippen LogP contribution in [0, 0.1) is 23.5 Å². The van der Waals surface area contributed by atoms with E-state index in [-0.39, 0.29) is 12.2 Å². The monoisotopic (exact) mass is 474 g/mol. The molecule has 6 heteroatoms. The van der Waals surface area contributed by atoms with Crippen LogP contribution in [-0.4, -0.2) is 6.67 Å². The average molecular weight is 475 g/mol. The molecule has 1 saturated carbocycles. The van der Waals surface area contributed by atoms with Crippen LogP contribution in [-0.2, 0) is 11.3 Å². The normalized spacial score (nSPS) is 20.1. The molecule has 0 aliphatic heterocycles. The summed E-state index contributed by atoms with van der Waals surface area (Å²) in [6.45, 7) is -0.225. The molecule has 0 radical (unpaired) electrons. The van der Waals surface area contributed by atoms with Crippen LogP contribution in [0.3, 0.4) is 0 Å². The van der Waals surface area contributed by atoms with Gasteiger partial charge in [0.1, 0.15) is 17.2 Å². The summed E-state index contributed by atoms with van der Waals surface area (Å²) in [4.78, 5) is -3.76. The number of alkyl halides is 4. The van der Waals surface area contributed by atoms with Crippen LogP contribution in [0.2, 0.25) is 0 Å². The molecule has 158 valence electrons. The Hall–Kier alpha value is -1.43. The minimum Gasteiger partial charge on any atom is -0.251 e. The van der Waals surface area contributed by atoms with E-state index in [0.717, 1.165) is 56.2 Å². The molecule has 1 aliphatic rings. The maximum atomic E-state index is 14.0. The van der Waals surface area contributed by atoms with Crippen LogP contribution < -0.4 is 0 Å². The fourth-order valence-electron chi connectivity index (χ4n) is 4.21. The molecule has 1 fully saturated rings. The molecule has 0 aromatic heterocycles. The van der Waals surface area contributed by atoms with E-state index in [1.807, 2.05) is 28.1 Å². The Labute approximate surface area is 176 Å². The molecule has 0 nitrogen and oxygen atoms in total. The fraction of sp³-hybridized carbons (Fsp3) is 0.478. The molecule has 1 aliphatic carbocycles. The van der Waals surface area contributed by atoms with Gasteiger partial charge in [-0.05, 0) is 75.9 Å². The fourth-order valence-corrected chi connectivity index (χ4v) is 4.59. The summed E-state index contributed by atoms with van der Waals surface area (Å²) in [5, 5.41) is 0. The van der Waals surface area contributed by atoms with Gasteiger partial charge in [-0.3, -0.25) is 4.39 Å². The van der Waals surface area contributed by atoms with Gasteiger partial charge in [-0.1, -0.05) is 49.9 Å². The van der Waals surface area contributed by atoms with Crippen molar-refractivity contribution in [2.45, 2.75) is 49.8 Å². The summed E-state index contributed by atoms with van der Waals surface area (Å²) in [6.07, 6.45) is 7.17. The summed E-state index contributed by atoms with van der Waals surface area (Å²) >= 11 is 2.01. The van der Waals surface area contributed by atoms with Gasteiger partial charge in [-0.15, -0.1) is 0 Å². The van der Waals surface area contributed by atoms with E-state index in [1.165, 1.54) is 0 Å². The van der Waals surface area contributed by atoms with Crippen LogP contribution in [0.15, 0.2) is 36.4 Å². The molecule has 0 saturated heterocycles. The van der Waals surface area contributed by atoms with Gasteiger partial charge in [0.2, 0.25) is 0 Å². The standard InChI is InChI=1S/C23H24BrF5/c24-23(28,29)22-20(26)13-19(14-21(22)27)18-9-7-16(8-10-18)2-1-15-3-5-17(6-4-15)11-12-25/h7-10,13-15,17H,1-6,11-12H2. The highest BCUT2D eigenvalue weighted by molar-refractivity contribution is 9.09. The Kier molecular flexibility index (Phi) is 7.36. The second-order valence-electron chi connectivity index (χ2n) is 7.91. The smallest absolute Gasteiger partial charge is 0.251 e. The number of aryl methyl sites for hydroxylation is 1. The number of benzene rings is 2. The Balaban J connectivity index is 1.61. The van der Waals surface area contributed by atoms with Gasteiger partial charge < -0.3 is 0 Å². The van der Waals surface area contributed by atoms with E-state index in [0.29, 0.717) is 23.8 Å². The van der Waals surface area contributed by atoms with Gasteiger partial charge in [-0.2, -0.15) is 8.78 Å². The third kappa shape index (κ3) is 5.80. The van der Waals surface area contributed by atoms with Crippen molar-refractivity contribution in [3.63, 3.8) is 0 Å². The van der Waals surface area contributed by atoms with Crippen molar-refractivity contribution in [1.29, 1.82) is 0 Å². The molecule has 0 unspecified atom stereocenters. The van der Waals surface area contributed by atoms with Gasteiger partial charge in [0.25, 0.3) is 0 Å². The van der Waals surface area contributed by atoms with Crippen molar-refractivity contribution in [3.8, 4) is 11.1 Å². The molecule has 3 rings (SSSR count). The first-order valence-corrected chi connectivity index (χ1v) is 10.8. The highest BCUT2D eigenvalue weighted by Gasteiger charge is 2.34. The highest BCUT2D eigenvalue weighted by atomic mass is 79.9. The van der Waals surface area contributed by atoms with Crippen LogP contribution >= 0.6 is 15.9 Å². The van der Waals surface area contributed by atoms with Gasteiger partial charge in [0, 0.05) is 0 Å². The molecular weight excluding hydrogens is 451 g/mol. The molecule has 0 atom stereocenters. The third-order valence-electron chi connectivity index (χ3n) is 5.94. The summed E-state index contributed by atoms with van der Waals surface area (Å²) < 4.78 is 67.0. The zero-order valence-corrected chi connectivity index (χ0v) is 17.6. The van der Waals surface area contributed by atoms with Crippen molar-refractivity contribution in [3.05, 3.63) is 59.2 Å². The van der Waals surface area contributed by atoms with Crippen molar-refractivity contribution < 1.29 is 22.0 Å². The molecule has 2 aromatic carbocycles. The molecule has 29 heavy (non-hydrogen) atoms. The van der Waals surface area contributed by atoms with Gasteiger partial charge in [0.15, 0.2) is 0 Å². The van der Waals surface area contributed by atoms with Crippen molar-refractivity contribution >= 4 is 15.9 Å². The maximum Gasteiger partial charge on any atom is 0.332 e. The Morgan fingerprint density at radius 1 is 0.828 bits per heavy atom. The van der Waals surface area contributed by atoms with E-state index >= 15 is 0 Å². The zero-order chi connectivity index (χ0) is 21.0. The number of hydrogen-bond acceptors (Lipinski definition) is 0. The summed E-state index contributed by atoms with van der Waals surface area (Å²) in [5.41, 5.74) is 0.643. The van der Waals surface area contributed by atoms with Crippen molar-refractivity contribution in [2.75, 3.05) is 6.67 Å². The lowest BCUT2D eigenvalue weighted by atomic mass is 9.78. The second kappa shape index (κ2) is 9.59. The van der Waals surface area contributed by atoms with E-state index in [1.54, 1.807) is 12.1 Å². The molecule has 2 aromatic rings. The first-order chi connectivity index (χ1) is 13.8. The van der Waals surface area contributed by atoms with Gasteiger partial charge >= 0.3 is 4.83 Å². The van der Waals surface area contributed by atoms with Crippen molar-refractivity contribution in [1.82, 2.24) is 0 Å². The van der Waals surface area contributed by atoms with Crippen LogP contribution in [0.1, 0.15) is 49.7 Å². The Morgan fingerprint density at radius 3 is 1.83 bits per heavy atom. The lowest BCUT2D eigenvalue weighted by Gasteiger charge is -2.28. The third-order valence-corrected chi connectivity index (χ3v) is 6.33. The zero-order valence-electron chi connectivity index (χ0n) is 16.0. The predicted octanol–water partition coefficient (Wildman–Crippen LogP) is 8.17. The largest absolute Gasteiger partial charge is 0.332 e. The first kappa shape index (κ1) is 22.3. The van der Waals surface area contributed by atoms with Crippen LogP contribution in [0.25, 0.3) is 11.1 Å². The van der Waals surface area contributed by atoms with Gasteiger partial charge in [0.05, 0.1) is 6.67 Å². The molecule has 0 spiro atoms. The SMILES string of the molecule is FCCC1CCC(CCc2ccc(-c3cc(F)c(C(F)(F)Br)c(F)c3)cc2)CC1. The summed E-state index contributed by atoms with van der Waals surface area (Å²) in [7, 11) is 0. The van der Waals surface area contributed by atoms with E-state index < -0.39 is 22.0 Å². The first-order valence-electron chi connectivity index (χ1n) is 9.99. The number of hydrogen-bond donors (Lipinski definition) is 0. The second-order valence-corrected chi connectivity index (χ2v) is 8.91. The molecule has 0 heterocycles. The maximum absolute atomic E-state index is 14.0. The lowest BCUT2D eigenvalue weighted by molar-refractivity contribution is 0.105. The molecular formula is C23H24BrF5. The quantitative estimate of drug-likeness (QED) is 0.280. The number of halogens is 6. The average Bonchev–Trinajstić information content (AvgIpc) is 2.66.